The Bertz CT molecular complexity index is 690. The smallest absolute Gasteiger partial charge is 0.271 e. The van der Waals surface area contributed by atoms with E-state index in [-0.39, 0.29) is 18.4 Å². The molecular weight excluding hydrogens is 298 g/mol. The summed E-state index contributed by atoms with van der Waals surface area (Å²) in [5, 5.41) is 7.93. The number of hydrogen-bond donors (Lipinski definition) is 2. The number of aromatic nitrogens is 1. The van der Waals surface area contributed by atoms with Crippen LogP contribution in [0.2, 0.25) is 0 Å². The van der Waals surface area contributed by atoms with E-state index in [1.165, 1.54) is 16.9 Å². The molecule has 0 bridgehead atoms. The van der Waals surface area contributed by atoms with Gasteiger partial charge in [0.1, 0.15) is 10.7 Å². The molecule has 0 unspecified atom stereocenters. The van der Waals surface area contributed by atoms with Crippen molar-refractivity contribution >= 4 is 23.2 Å². The highest BCUT2D eigenvalue weighted by atomic mass is 32.1. The number of benzene rings is 1. The van der Waals surface area contributed by atoms with Crippen molar-refractivity contribution in [3.8, 4) is 10.6 Å². The monoisotopic (exact) mass is 315 g/mol. The zero-order valence-corrected chi connectivity index (χ0v) is 13.1. The van der Waals surface area contributed by atoms with Crippen LogP contribution in [0.25, 0.3) is 10.6 Å². The van der Waals surface area contributed by atoms with Gasteiger partial charge in [-0.25, -0.2) is 4.98 Å². The lowest BCUT2D eigenvalue weighted by Gasteiger charge is -2.04. The minimum absolute atomic E-state index is 0.00722. The Hall–Kier alpha value is -2.21. The van der Waals surface area contributed by atoms with E-state index in [2.05, 4.69) is 15.6 Å². The number of nitrogens with zero attached hydrogens (tertiary/aromatic N) is 1. The highest BCUT2D eigenvalue weighted by Crippen LogP contribution is 2.24. The van der Waals surface area contributed by atoms with Crippen molar-refractivity contribution in [2.24, 2.45) is 0 Å². The molecular formula is C16H17N3O2S. The fourth-order valence-corrected chi connectivity index (χ4v) is 2.77. The minimum Gasteiger partial charge on any atom is -0.352 e. The van der Waals surface area contributed by atoms with Crippen LogP contribution in [-0.2, 0) is 4.79 Å². The van der Waals surface area contributed by atoms with Gasteiger partial charge in [-0.15, -0.1) is 11.3 Å². The van der Waals surface area contributed by atoms with Gasteiger partial charge in [0.15, 0.2) is 0 Å². The van der Waals surface area contributed by atoms with E-state index in [0.29, 0.717) is 11.7 Å². The van der Waals surface area contributed by atoms with Gasteiger partial charge in [-0.1, -0.05) is 29.8 Å². The van der Waals surface area contributed by atoms with Gasteiger partial charge in [0, 0.05) is 17.0 Å². The molecule has 1 aliphatic rings. The van der Waals surface area contributed by atoms with E-state index >= 15 is 0 Å². The molecule has 2 amide bonds. The summed E-state index contributed by atoms with van der Waals surface area (Å²) >= 11 is 1.42. The predicted molar refractivity (Wildman–Crippen MR) is 85.8 cm³/mol. The Labute approximate surface area is 132 Å². The van der Waals surface area contributed by atoms with E-state index < -0.39 is 0 Å². The summed E-state index contributed by atoms with van der Waals surface area (Å²) < 4.78 is 0. The third-order valence-electron chi connectivity index (χ3n) is 3.39. The molecule has 6 heteroatoms. The molecule has 1 fully saturated rings. The average Bonchev–Trinajstić information content (AvgIpc) is 3.18. The number of thiazole rings is 1. The molecule has 0 aliphatic heterocycles. The zero-order chi connectivity index (χ0) is 15.5. The van der Waals surface area contributed by atoms with Crippen molar-refractivity contribution in [3.63, 3.8) is 0 Å². The summed E-state index contributed by atoms with van der Waals surface area (Å²) in [5.74, 6) is -0.467. The van der Waals surface area contributed by atoms with Crippen LogP contribution in [0.4, 0.5) is 0 Å². The van der Waals surface area contributed by atoms with Crippen LogP contribution in [0, 0.1) is 6.92 Å². The number of carbonyl (C=O) groups is 2. The lowest BCUT2D eigenvalue weighted by atomic mass is 10.2. The number of amides is 2. The van der Waals surface area contributed by atoms with Gasteiger partial charge in [-0.05, 0) is 19.8 Å². The number of aryl methyl sites for hydroxylation is 1. The Balaban J connectivity index is 1.58. The summed E-state index contributed by atoms with van der Waals surface area (Å²) in [6.07, 6.45) is 2.07. The SMILES string of the molecule is Cc1ccc(-c2nc(C(=O)NCC(=O)NC3CC3)cs2)cc1. The highest BCUT2D eigenvalue weighted by Gasteiger charge is 2.23. The molecule has 2 aromatic rings. The summed E-state index contributed by atoms with van der Waals surface area (Å²) in [6.45, 7) is 2.02. The van der Waals surface area contributed by atoms with Gasteiger partial charge in [-0.2, -0.15) is 0 Å². The lowest BCUT2D eigenvalue weighted by Crippen LogP contribution is -2.37. The van der Waals surface area contributed by atoms with Crippen molar-refractivity contribution in [2.45, 2.75) is 25.8 Å². The molecule has 5 nitrogen and oxygen atoms in total. The standard InChI is InChI=1S/C16H17N3O2S/c1-10-2-4-11(5-3-10)16-19-13(9-22-16)15(21)17-8-14(20)18-12-6-7-12/h2-5,9,12H,6-8H2,1H3,(H,17,21)(H,18,20). The molecule has 0 atom stereocenters. The summed E-state index contributed by atoms with van der Waals surface area (Å²) in [7, 11) is 0. The number of rotatable bonds is 5. The van der Waals surface area contributed by atoms with Crippen LogP contribution < -0.4 is 10.6 Å². The minimum atomic E-state index is -0.319. The van der Waals surface area contributed by atoms with Crippen molar-refractivity contribution in [3.05, 3.63) is 40.9 Å². The van der Waals surface area contributed by atoms with Crippen LogP contribution in [0.3, 0.4) is 0 Å². The van der Waals surface area contributed by atoms with Gasteiger partial charge in [0.2, 0.25) is 5.91 Å². The van der Waals surface area contributed by atoms with Crippen LogP contribution in [-0.4, -0.2) is 29.4 Å². The van der Waals surface area contributed by atoms with Gasteiger partial charge in [0.05, 0.1) is 6.54 Å². The van der Waals surface area contributed by atoms with Gasteiger partial charge >= 0.3 is 0 Å². The molecule has 0 spiro atoms. The first-order valence-corrected chi connectivity index (χ1v) is 8.10. The number of nitrogens with one attached hydrogen (secondary N) is 2. The largest absolute Gasteiger partial charge is 0.352 e. The van der Waals surface area contributed by atoms with Gasteiger partial charge in [0.25, 0.3) is 5.91 Å². The molecule has 1 aromatic heterocycles. The third kappa shape index (κ3) is 3.71. The first-order valence-electron chi connectivity index (χ1n) is 7.22. The predicted octanol–water partition coefficient (Wildman–Crippen LogP) is 2.13. The highest BCUT2D eigenvalue weighted by molar-refractivity contribution is 7.13. The van der Waals surface area contributed by atoms with Crippen LogP contribution in [0.15, 0.2) is 29.6 Å². The molecule has 3 rings (SSSR count). The first kappa shape index (κ1) is 14.7. The zero-order valence-electron chi connectivity index (χ0n) is 12.3. The van der Waals surface area contributed by atoms with Crippen molar-refractivity contribution < 1.29 is 9.59 Å². The molecule has 1 aliphatic carbocycles. The van der Waals surface area contributed by atoms with Gasteiger partial charge in [-0.3, -0.25) is 9.59 Å². The Morgan fingerprint density at radius 3 is 2.68 bits per heavy atom. The summed E-state index contributed by atoms with van der Waals surface area (Å²) in [4.78, 5) is 27.9. The van der Waals surface area contributed by atoms with E-state index in [1.54, 1.807) is 5.38 Å². The Morgan fingerprint density at radius 1 is 1.27 bits per heavy atom. The molecule has 2 N–H and O–H groups in total. The summed E-state index contributed by atoms with van der Waals surface area (Å²) in [5.41, 5.74) is 2.51. The van der Waals surface area contributed by atoms with E-state index in [1.807, 2.05) is 31.2 Å². The van der Waals surface area contributed by atoms with Crippen molar-refractivity contribution in [1.82, 2.24) is 15.6 Å². The van der Waals surface area contributed by atoms with Gasteiger partial charge < -0.3 is 10.6 Å². The van der Waals surface area contributed by atoms with Crippen LogP contribution in [0.5, 0.6) is 0 Å². The fourth-order valence-electron chi connectivity index (χ4n) is 1.96. The number of carbonyl (C=O) groups excluding carboxylic acids is 2. The maximum atomic E-state index is 12.0. The van der Waals surface area contributed by atoms with Crippen LogP contribution >= 0.6 is 11.3 Å². The second-order valence-electron chi connectivity index (χ2n) is 5.43. The first-order chi connectivity index (χ1) is 10.6. The molecule has 1 aromatic carbocycles. The number of hydrogen-bond acceptors (Lipinski definition) is 4. The molecule has 0 radical (unpaired) electrons. The van der Waals surface area contributed by atoms with E-state index in [0.717, 1.165) is 23.4 Å². The average molecular weight is 315 g/mol. The van der Waals surface area contributed by atoms with E-state index in [4.69, 9.17) is 0 Å². The van der Waals surface area contributed by atoms with Crippen LogP contribution in [0.1, 0.15) is 28.9 Å². The van der Waals surface area contributed by atoms with Crippen molar-refractivity contribution in [1.29, 1.82) is 0 Å². The molecule has 22 heavy (non-hydrogen) atoms. The third-order valence-corrected chi connectivity index (χ3v) is 4.28. The maximum absolute atomic E-state index is 12.0. The molecule has 1 saturated carbocycles. The second kappa shape index (κ2) is 6.27. The molecule has 1 heterocycles. The van der Waals surface area contributed by atoms with Crippen molar-refractivity contribution in [2.75, 3.05) is 6.54 Å². The fraction of sp³-hybridized carbons (Fsp3) is 0.312. The van der Waals surface area contributed by atoms with E-state index in [9.17, 15) is 9.59 Å². The topological polar surface area (TPSA) is 71.1 Å². The molecule has 114 valence electrons. The normalized spacial score (nSPS) is 13.7. The Morgan fingerprint density at radius 2 is 2.00 bits per heavy atom. The molecule has 0 saturated heterocycles. The Kier molecular flexibility index (Phi) is 4.20. The quantitative estimate of drug-likeness (QED) is 0.888. The summed E-state index contributed by atoms with van der Waals surface area (Å²) in [6, 6.07) is 8.30. The maximum Gasteiger partial charge on any atom is 0.271 e. The lowest BCUT2D eigenvalue weighted by molar-refractivity contribution is -0.120. The second-order valence-corrected chi connectivity index (χ2v) is 6.29.